The van der Waals surface area contributed by atoms with Crippen molar-refractivity contribution in [2.75, 3.05) is 0 Å². The zero-order valence-electron chi connectivity index (χ0n) is 9.90. The third-order valence-corrected chi connectivity index (χ3v) is 2.46. The van der Waals surface area contributed by atoms with Crippen LogP contribution in [-0.2, 0) is 6.18 Å². The van der Waals surface area contributed by atoms with Crippen LogP contribution in [0, 0.1) is 6.92 Å². The predicted octanol–water partition coefficient (Wildman–Crippen LogP) is 3.03. The van der Waals surface area contributed by atoms with Gasteiger partial charge in [-0.1, -0.05) is 12.1 Å². The molecule has 3 nitrogen and oxygen atoms in total. The highest BCUT2D eigenvalue weighted by Crippen LogP contribution is 2.29. The molecule has 1 aromatic carbocycles. The number of nitrogens with zero attached hydrogens (tertiary/aromatic N) is 2. The van der Waals surface area contributed by atoms with Crippen LogP contribution < -0.4 is 0 Å². The molecule has 19 heavy (non-hydrogen) atoms. The Kier molecular flexibility index (Phi) is 3.33. The highest BCUT2D eigenvalue weighted by Gasteiger charge is 2.30. The second-order valence-corrected chi connectivity index (χ2v) is 3.99. The third-order valence-electron chi connectivity index (χ3n) is 2.46. The third kappa shape index (κ3) is 2.96. The molecule has 0 aliphatic carbocycles. The molecule has 0 radical (unpaired) electrons. The average Bonchev–Trinajstić information content (AvgIpc) is 2.38. The van der Waals surface area contributed by atoms with Crippen LogP contribution in [0.3, 0.4) is 0 Å². The standard InChI is InChI=1S/C13H9F3N2O/c1-8-6-17-12(18-7-8)11(19)9-2-4-10(5-3-9)13(14,15)16/h2-7H,1H3. The van der Waals surface area contributed by atoms with E-state index in [9.17, 15) is 18.0 Å². The number of hydrogen-bond donors (Lipinski definition) is 0. The van der Waals surface area contributed by atoms with Crippen molar-refractivity contribution in [2.24, 2.45) is 0 Å². The van der Waals surface area contributed by atoms with E-state index in [0.29, 0.717) is 0 Å². The molecule has 0 saturated heterocycles. The first-order valence-corrected chi connectivity index (χ1v) is 5.38. The highest BCUT2D eigenvalue weighted by molar-refractivity contribution is 6.06. The monoisotopic (exact) mass is 266 g/mol. The van der Waals surface area contributed by atoms with E-state index in [1.54, 1.807) is 6.92 Å². The molecule has 1 aromatic heterocycles. The Balaban J connectivity index is 2.27. The minimum atomic E-state index is -4.41. The van der Waals surface area contributed by atoms with Gasteiger partial charge in [0.05, 0.1) is 5.56 Å². The molecule has 1 heterocycles. The number of halogens is 3. The Bertz CT molecular complexity index is 589. The van der Waals surface area contributed by atoms with Crippen LogP contribution in [0.25, 0.3) is 0 Å². The van der Waals surface area contributed by atoms with Crippen LogP contribution in [-0.4, -0.2) is 15.8 Å². The molecular formula is C13H9F3N2O. The van der Waals surface area contributed by atoms with Gasteiger partial charge in [0.25, 0.3) is 0 Å². The summed E-state index contributed by atoms with van der Waals surface area (Å²) >= 11 is 0. The van der Waals surface area contributed by atoms with Gasteiger partial charge >= 0.3 is 6.18 Å². The number of benzene rings is 1. The zero-order valence-corrected chi connectivity index (χ0v) is 9.90. The van der Waals surface area contributed by atoms with Gasteiger partial charge < -0.3 is 0 Å². The minimum absolute atomic E-state index is 0.0367. The molecule has 0 saturated carbocycles. The zero-order chi connectivity index (χ0) is 14.0. The summed E-state index contributed by atoms with van der Waals surface area (Å²) in [6.07, 6.45) is -1.46. The van der Waals surface area contributed by atoms with E-state index in [2.05, 4.69) is 9.97 Å². The molecule has 0 fully saturated rings. The molecule has 0 aliphatic rings. The fourth-order valence-electron chi connectivity index (χ4n) is 1.45. The number of aromatic nitrogens is 2. The van der Waals surface area contributed by atoms with Crippen molar-refractivity contribution in [3.05, 3.63) is 59.2 Å². The first-order valence-electron chi connectivity index (χ1n) is 5.38. The normalized spacial score (nSPS) is 11.4. The van der Waals surface area contributed by atoms with Gasteiger partial charge in [-0.15, -0.1) is 0 Å². The molecule has 2 aromatic rings. The van der Waals surface area contributed by atoms with Gasteiger partial charge in [0, 0.05) is 18.0 Å². The van der Waals surface area contributed by atoms with Crippen molar-refractivity contribution in [3.8, 4) is 0 Å². The second-order valence-electron chi connectivity index (χ2n) is 3.99. The molecule has 2 rings (SSSR count). The summed E-state index contributed by atoms with van der Waals surface area (Å²) in [5, 5.41) is 0. The Labute approximate surface area is 107 Å². The Hall–Kier alpha value is -2.24. The van der Waals surface area contributed by atoms with Gasteiger partial charge in [-0.2, -0.15) is 13.2 Å². The summed E-state index contributed by atoms with van der Waals surface area (Å²) in [6.45, 7) is 1.77. The van der Waals surface area contributed by atoms with E-state index in [0.717, 1.165) is 29.8 Å². The second kappa shape index (κ2) is 4.79. The van der Waals surface area contributed by atoms with Crippen LogP contribution >= 0.6 is 0 Å². The minimum Gasteiger partial charge on any atom is -0.285 e. The molecule has 0 unspecified atom stereocenters. The van der Waals surface area contributed by atoms with Crippen LogP contribution in [0.4, 0.5) is 13.2 Å². The van der Waals surface area contributed by atoms with Gasteiger partial charge in [0.1, 0.15) is 0 Å². The molecule has 6 heteroatoms. The van der Waals surface area contributed by atoms with Crippen molar-refractivity contribution in [1.82, 2.24) is 9.97 Å². The topological polar surface area (TPSA) is 42.9 Å². The number of alkyl halides is 3. The van der Waals surface area contributed by atoms with Crippen molar-refractivity contribution < 1.29 is 18.0 Å². The largest absolute Gasteiger partial charge is 0.416 e. The van der Waals surface area contributed by atoms with E-state index in [1.807, 2.05) is 0 Å². The van der Waals surface area contributed by atoms with Crippen molar-refractivity contribution in [1.29, 1.82) is 0 Å². The average molecular weight is 266 g/mol. The van der Waals surface area contributed by atoms with Gasteiger partial charge in [-0.05, 0) is 24.6 Å². The van der Waals surface area contributed by atoms with Gasteiger partial charge in [0.2, 0.25) is 11.6 Å². The maximum Gasteiger partial charge on any atom is 0.416 e. The quantitative estimate of drug-likeness (QED) is 0.785. The number of hydrogen-bond acceptors (Lipinski definition) is 3. The summed E-state index contributed by atoms with van der Waals surface area (Å²) in [5.41, 5.74) is 0.120. The summed E-state index contributed by atoms with van der Waals surface area (Å²) in [4.78, 5) is 19.6. The van der Waals surface area contributed by atoms with E-state index >= 15 is 0 Å². The number of rotatable bonds is 2. The lowest BCUT2D eigenvalue weighted by Gasteiger charge is -2.06. The Morgan fingerprint density at radius 2 is 1.58 bits per heavy atom. The van der Waals surface area contributed by atoms with Crippen LogP contribution in [0.15, 0.2) is 36.7 Å². The Morgan fingerprint density at radius 3 is 2.05 bits per heavy atom. The maximum atomic E-state index is 12.4. The molecule has 0 atom stereocenters. The summed E-state index contributed by atoms with van der Waals surface area (Å²) in [6, 6.07) is 3.96. The molecule has 0 N–H and O–H groups in total. The van der Waals surface area contributed by atoms with Crippen molar-refractivity contribution in [3.63, 3.8) is 0 Å². The maximum absolute atomic E-state index is 12.4. The lowest BCUT2D eigenvalue weighted by molar-refractivity contribution is -0.137. The number of aryl methyl sites for hydroxylation is 1. The van der Waals surface area contributed by atoms with Crippen LogP contribution in [0.2, 0.25) is 0 Å². The fourth-order valence-corrected chi connectivity index (χ4v) is 1.45. The Morgan fingerprint density at radius 1 is 1.05 bits per heavy atom. The van der Waals surface area contributed by atoms with Crippen LogP contribution in [0.5, 0.6) is 0 Å². The first-order chi connectivity index (χ1) is 8.88. The number of carbonyl (C=O) groups excluding carboxylic acids is 1. The molecule has 0 bridgehead atoms. The summed E-state index contributed by atoms with van der Waals surface area (Å²) in [7, 11) is 0. The molecule has 0 spiro atoms. The number of ketones is 1. The lowest BCUT2D eigenvalue weighted by atomic mass is 10.1. The SMILES string of the molecule is Cc1cnc(C(=O)c2ccc(C(F)(F)F)cc2)nc1. The lowest BCUT2D eigenvalue weighted by Crippen LogP contribution is -2.09. The van der Waals surface area contributed by atoms with E-state index in [-0.39, 0.29) is 11.4 Å². The molecule has 0 aliphatic heterocycles. The molecule has 98 valence electrons. The molecule has 0 amide bonds. The summed E-state index contributed by atoms with van der Waals surface area (Å²) < 4.78 is 37.1. The van der Waals surface area contributed by atoms with E-state index in [4.69, 9.17) is 0 Å². The smallest absolute Gasteiger partial charge is 0.285 e. The van der Waals surface area contributed by atoms with Gasteiger partial charge in [-0.3, -0.25) is 4.79 Å². The highest BCUT2D eigenvalue weighted by atomic mass is 19.4. The predicted molar refractivity (Wildman–Crippen MR) is 61.6 cm³/mol. The van der Waals surface area contributed by atoms with Crippen molar-refractivity contribution in [2.45, 2.75) is 13.1 Å². The van der Waals surface area contributed by atoms with Gasteiger partial charge in [-0.25, -0.2) is 9.97 Å². The van der Waals surface area contributed by atoms with Gasteiger partial charge in [0.15, 0.2) is 0 Å². The number of carbonyl (C=O) groups is 1. The van der Waals surface area contributed by atoms with Crippen LogP contribution in [0.1, 0.15) is 27.3 Å². The van der Waals surface area contributed by atoms with E-state index < -0.39 is 17.5 Å². The summed E-state index contributed by atoms with van der Waals surface area (Å²) in [5.74, 6) is -0.543. The first kappa shape index (κ1) is 13.2. The van der Waals surface area contributed by atoms with Crippen molar-refractivity contribution >= 4 is 5.78 Å². The fraction of sp³-hybridized carbons (Fsp3) is 0.154. The van der Waals surface area contributed by atoms with E-state index in [1.165, 1.54) is 12.4 Å². The molecular weight excluding hydrogens is 257 g/mol.